The molecule has 2 rings (SSSR count). The maximum atomic E-state index is 12.7. The van der Waals surface area contributed by atoms with Gasteiger partial charge in [0, 0.05) is 30.5 Å². The van der Waals surface area contributed by atoms with Crippen LogP contribution in [0.4, 0.5) is 0 Å². The van der Waals surface area contributed by atoms with Crippen LogP contribution in [0, 0.1) is 17.3 Å². The molecule has 4 nitrogen and oxygen atoms in total. The summed E-state index contributed by atoms with van der Waals surface area (Å²) in [6.45, 7) is 10.3. The largest absolute Gasteiger partial charge is 0.393 e. The Balaban J connectivity index is 1.93. The molecule has 1 amide bonds. The fourth-order valence-corrected chi connectivity index (χ4v) is 4.00. The lowest BCUT2D eigenvalue weighted by molar-refractivity contribution is -0.142. The number of carbonyl (C=O) groups is 1. The number of nitrogens with one attached hydrogen (secondary N) is 1. The van der Waals surface area contributed by atoms with Crippen molar-refractivity contribution in [3.63, 3.8) is 0 Å². The van der Waals surface area contributed by atoms with Gasteiger partial charge in [0.25, 0.3) is 0 Å². The zero-order chi connectivity index (χ0) is 17.0. The lowest BCUT2D eigenvalue weighted by atomic mass is 9.86. The Bertz CT molecular complexity index is 383. The van der Waals surface area contributed by atoms with Gasteiger partial charge in [-0.05, 0) is 38.6 Å². The molecule has 0 bridgehead atoms. The van der Waals surface area contributed by atoms with E-state index in [2.05, 4.69) is 5.32 Å². The van der Waals surface area contributed by atoms with Crippen LogP contribution in [0.25, 0.3) is 0 Å². The first-order chi connectivity index (χ1) is 10.8. The number of piperidine rings is 1. The third-order valence-electron chi connectivity index (χ3n) is 5.51. The normalized spacial score (nSPS) is 28.7. The second-order valence-corrected chi connectivity index (χ2v) is 8.81. The second-order valence-electron chi connectivity index (χ2n) is 8.81. The molecule has 1 saturated carbocycles. The van der Waals surface area contributed by atoms with Gasteiger partial charge in [0.05, 0.1) is 6.10 Å². The van der Waals surface area contributed by atoms with Crippen LogP contribution in [0.1, 0.15) is 66.2 Å². The van der Waals surface area contributed by atoms with Crippen molar-refractivity contribution in [3.8, 4) is 0 Å². The first kappa shape index (κ1) is 18.7. The minimum Gasteiger partial charge on any atom is -0.393 e. The number of rotatable bonds is 4. The van der Waals surface area contributed by atoms with E-state index in [0.29, 0.717) is 12.6 Å². The van der Waals surface area contributed by atoms with Crippen LogP contribution in [0.5, 0.6) is 0 Å². The van der Waals surface area contributed by atoms with Crippen molar-refractivity contribution in [1.29, 1.82) is 0 Å². The van der Waals surface area contributed by atoms with Gasteiger partial charge in [-0.25, -0.2) is 0 Å². The van der Waals surface area contributed by atoms with Gasteiger partial charge in [-0.1, -0.05) is 40.0 Å². The van der Waals surface area contributed by atoms with Crippen LogP contribution < -0.4 is 5.32 Å². The minimum absolute atomic E-state index is 0.180. The van der Waals surface area contributed by atoms with Crippen LogP contribution in [-0.4, -0.2) is 47.7 Å². The van der Waals surface area contributed by atoms with E-state index in [1.807, 2.05) is 32.6 Å². The van der Waals surface area contributed by atoms with Gasteiger partial charge in [-0.3, -0.25) is 4.79 Å². The number of nitrogens with zero attached hydrogens (tertiary/aromatic N) is 1. The lowest BCUT2D eigenvalue weighted by Gasteiger charge is -2.42. The third-order valence-corrected chi connectivity index (χ3v) is 5.51. The summed E-state index contributed by atoms with van der Waals surface area (Å²) in [6, 6.07) is 0.316. The summed E-state index contributed by atoms with van der Waals surface area (Å²) in [7, 11) is 0. The summed E-state index contributed by atoms with van der Waals surface area (Å²) < 4.78 is 0. The second kappa shape index (κ2) is 7.98. The Morgan fingerprint density at radius 1 is 1.22 bits per heavy atom. The Labute approximate surface area is 142 Å². The number of amides is 1. The molecule has 3 atom stereocenters. The summed E-state index contributed by atoms with van der Waals surface area (Å²) in [6.07, 6.45) is 7.40. The van der Waals surface area contributed by atoms with Crippen LogP contribution >= 0.6 is 0 Å². The number of likely N-dealkylation sites (tertiary alicyclic amines) is 1. The predicted molar refractivity (Wildman–Crippen MR) is 94.2 cm³/mol. The predicted octanol–water partition coefficient (Wildman–Crippen LogP) is 2.80. The maximum Gasteiger partial charge on any atom is 0.228 e. The van der Waals surface area contributed by atoms with Gasteiger partial charge in [0.1, 0.15) is 0 Å². The topological polar surface area (TPSA) is 52.6 Å². The highest BCUT2D eigenvalue weighted by atomic mass is 16.3. The molecule has 2 fully saturated rings. The van der Waals surface area contributed by atoms with Gasteiger partial charge in [-0.15, -0.1) is 0 Å². The van der Waals surface area contributed by atoms with E-state index in [1.54, 1.807) is 0 Å². The molecule has 1 aliphatic carbocycles. The van der Waals surface area contributed by atoms with E-state index in [0.717, 1.165) is 25.4 Å². The van der Waals surface area contributed by atoms with Gasteiger partial charge in [0.2, 0.25) is 5.91 Å². The molecule has 1 aliphatic heterocycles. The van der Waals surface area contributed by atoms with Crippen LogP contribution in [0.15, 0.2) is 0 Å². The van der Waals surface area contributed by atoms with Crippen LogP contribution in [0.3, 0.4) is 0 Å². The average molecular weight is 325 g/mol. The van der Waals surface area contributed by atoms with E-state index < -0.39 is 0 Å². The summed E-state index contributed by atoms with van der Waals surface area (Å²) in [4.78, 5) is 14.6. The van der Waals surface area contributed by atoms with Crippen molar-refractivity contribution < 1.29 is 9.90 Å². The number of aliphatic hydroxyl groups is 1. The van der Waals surface area contributed by atoms with E-state index >= 15 is 0 Å². The Hall–Kier alpha value is -0.610. The zero-order valence-electron chi connectivity index (χ0n) is 15.5. The third kappa shape index (κ3) is 5.46. The molecule has 0 aromatic rings. The van der Waals surface area contributed by atoms with Crippen molar-refractivity contribution in [1.82, 2.24) is 10.2 Å². The molecule has 0 radical (unpaired) electrons. The minimum atomic E-state index is -0.357. The van der Waals surface area contributed by atoms with E-state index in [1.165, 1.54) is 32.1 Å². The molecule has 2 N–H and O–H groups in total. The number of hydrogen-bond acceptors (Lipinski definition) is 3. The molecule has 1 saturated heterocycles. The fourth-order valence-electron chi connectivity index (χ4n) is 4.00. The standard InChI is InChI=1S/C19H36N2O2/c1-14(22)16-10-17(20-11-15-8-6-5-7-9-15)13-21(12-16)18(23)19(2,3)4/h14-17,20,22H,5-13H2,1-4H3. The quantitative estimate of drug-likeness (QED) is 0.836. The maximum absolute atomic E-state index is 12.7. The first-order valence-corrected chi connectivity index (χ1v) is 9.48. The smallest absolute Gasteiger partial charge is 0.228 e. The molecule has 0 aromatic carbocycles. The van der Waals surface area contributed by atoms with E-state index in [9.17, 15) is 9.90 Å². The monoisotopic (exact) mass is 324 g/mol. The van der Waals surface area contributed by atoms with Crippen LogP contribution in [0.2, 0.25) is 0 Å². The highest BCUT2D eigenvalue weighted by Gasteiger charge is 2.36. The molecule has 4 heteroatoms. The summed E-state index contributed by atoms with van der Waals surface area (Å²) in [5.41, 5.74) is -0.353. The van der Waals surface area contributed by atoms with E-state index in [-0.39, 0.29) is 23.3 Å². The lowest BCUT2D eigenvalue weighted by Crippen LogP contribution is -2.55. The fraction of sp³-hybridized carbons (Fsp3) is 0.947. The summed E-state index contributed by atoms with van der Waals surface area (Å²) in [5, 5.41) is 13.8. The first-order valence-electron chi connectivity index (χ1n) is 9.48. The molecule has 2 aliphatic rings. The number of carbonyl (C=O) groups excluding carboxylic acids is 1. The highest BCUT2D eigenvalue weighted by molar-refractivity contribution is 5.81. The van der Waals surface area contributed by atoms with Gasteiger partial charge in [0.15, 0.2) is 0 Å². The van der Waals surface area contributed by atoms with Gasteiger partial charge < -0.3 is 15.3 Å². The molecular formula is C19H36N2O2. The average Bonchev–Trinajstić information content (AvgIpc) is 2.52. The van der Waals surface area contributed by atoms with Crippen molar-refractivity contribution in [2.24, 2.45) is 17.3 Å². The number of aliphatic hydroxyl groups excluding tert-OH is 1. The van der Waals surface area contributed by atoms with Gasteiger partial charge in [-0.2, -0.15) is 0 Å². The summed E-state index contributed by atoms with van der Waals surface area (Å²) in [5.74, 6) is 1.17. The van der Waals surface area contributed by atoms with Crippen molar-refractivity contribution in [2.75, 3.05) is 19.6 Å². The SMILES string of the molecule is CC(O)C1CC(NCC2CCCCC2)CN(C(=O)C(C)(C)C)C1. The molecule has 0 spiro atoms. The van der Waals surface area contributed by atoms with E-state index in [4.69, 9.17) is 0 Å². The highest BCUT2D eigenvalue weighted by Crippen LogP contribution is 2.27. The molecule has 0 aromatic heterocycles. The van der Waals surface area contributed by atoms with Crippen molar-refractivity contribution >= 4 is 5.91 Å². The zero-order valence-corrected chi connectivity index (χ0v) is 15.5. The van der Waals surface area contributed by atoms with Gasteiger partial charge >= 0.3 is 0 Å². The Morgan fingerprint density at radius 3 is 2.43 bits per heavy atom. The molecular weight excluding hydrogens is 288 g/mol. The molecule has 3 unspecified atom stereocenters. The van der Waals surface area contributed by atoms with Crippen LogP contribution in [-0.2, 0) is 4.79 Å². The van der Waals surface area contributed by atoms with Crippen molar-refractivity contribution in [3.05, 3.63) is 0 Å². The Kier molecular flexibility index (Phi) is 6.49. The molecule has 23 heavy (non-hydrogen) atoms. The molecule has 1 heterocycles. The van der Waals surface area contributed by atoms with Crippen molar-refractivity contribution in [2.45, 2.75) is 78.4 Å². The number of hydrogen-bond donors (Lipinski definition) is 2. The Morgan fingerprint density at radius 2 is 1.87 bits per heavy atom. The molecule has 134 valence electrons. The summed E-state index contributed by atoms with van der Waals surface area (Å²) >= 11 is 0.